The molecule has 2 aromatic rings. The van der Waals surface area contributed by atoms with Crippen LogP contribution in [-0.2, 0) is 13.0 Å². The van der Waals surface area contributed by atoms with Crippen molar-refractivity contribution in [2.24, 2.45) is 0 Å². The van der Waals surface area contributed by atoms with Gasteiger partial charge in [0.2, 0.25) is 0 Å². The Balaban J connectivity index is 1.90. The van der Waals surface area contributed by atoms with E-state index in [0.717, 1.165) is 17.1 Å². The Labute approximate surface area is 94.4 Å². The lowest BCUT2D eigenvalue weighted by Gasteiger charge is -2.05. The number of nitrogens with one attached hydrogen (secondary N) is 2. The highest BCUT2D eigenvalue weighted by atomic mass is 16.2. The van der Waals surface area contributed by atoms with Crippen LogP contribution >= 0.6 is 0 Å². The average molecular weight is 217 g/mol. The zero-order valence-corrected chi connectivity index (χ0v) is 8.98. The van der Waals surface area contributed by atoms with Crippen LogP contribution in [0.25, 0.3) is 0 Å². The summed E-state index contributed by atoms with van der Waals surface area (Å²) in [5.74, 6) is 0.916. The van der Waals surface area contributed by atoms with Crippen LogP contribution in [0, 0.1) is 0 Å². The summed E-state index contributed by atoms with van der Waals surface area (Å²) >= 11 is 0. The largest absolute Gasteiger partial charge is 0.396 e. The number of rotatable bonds is 5. The van der Waals surface area contributed by atoms with E-state index in [0.29, 0.717) is 13.0 Å². The lowest BCUT2D eigenvalue weighted by Crippen LogP contribution is -2.01. The number of anilines is 1. The van der Waals surface area contributed by atoms with Crippen LogP contribution in [0.5, 0.6) is 0 Å². The van der Waals surface area contributed by atoms with Crippen molar-refractivity contribution >= 4 is 5.69 Å². The molecule has 0 bridgehead atoms. The highest BCUT2D eigenvalue weighted by molar-refractivity contribution is 5.44. The van der Waals surface area contributed by atoms with Crippen LogP contribution in [0.4, 0.5) is 5.69 Å². The van der Waals surface area contributed by atoms with E-state index in [-0.39, 0.29) is 6.61 Å². The minimum absolute atomic E-state index is 0.194. The first-order valence-corrected chi connectivity index (χ1v) is 5.30. The van der Waals surface area contributed by atoms with Crippen molar-refractivity contribution in [1.29, 1.82) is 0 Å². The van der Waals surface area contributed by atoms with E-state index in [1.54, 1.807) is 12.4 Å². The van der Waals surface area contributed by atoms with Gasteiger partial charge in [0.25, 0.3) is 0 Å². The van der Waals surface area contributed by atoms with Gasteiger partial charge in [0, 0.05) is 24.7 Å². The van der Waals surface area contributed by atoms with Gasteiger partial charge < -0.3 is 15.4 Å². The van der Waals surface area contributed by atoms with Gasteiger partial charge >= 0.3 is 0 Å². The number of nitrogens with zero attached hydrogens (tertiary/aromatic N) is 1. The molecule has 4 nitrogen and oxygen atoms in total. The average Bonchev–Trinajstić information content (AvgIpc) is 2.82. The van der Waals surface area contributed by atoms with Gasteiger partial charge in [0.15, 0.2) is 0 Å². The molecule has 0 fully saturated rings. The quantitative estimate of drug-likeness (QED) is 0.712. The third kappa shape index (κ3) is 2.84. The molecule has 1 aromatic heterocycles. The summed E-state index contributed by atoms with van der Waals surface area (Å²) in [6.45, 7) is 0.880. The number of aliphatic hydroxyl groups excluding tert-OH is 1. The first-order chi connectivity index (χ1) is 7.88. The van der Waals surface area contributed by atoms with Crippen molar-refractivity contribution in [3.63, 3.8) is 0 Å². The van der Waals surface area contributed by atoms with Crippen molar-refractivity contribution in [2.45, 2.75) is 13.0 Å². The second-order valence-corrected chi connectivity index (χ2v) is 3.56. The van der Waals surface area contributed by atoms with E-state index in [1.165, 1.54) is 0 Å². The molecule has 1 aromatic carbocycles. The number of aliphatic hydroxyl groups is 1. The van der Waals surface area contributed by atoms with E-state index >= 15 is 0 Å². The number of aromatic amines is 1. The topological polar surface area (TPSA) is 60.9 Å². The summed E-state index contributed by atoms with van der Waals surface area (Å²) in [7, 11) is 0. The monoisotopic (exact) mass is 217 g/mol. The van der Waals surface area contributed by atoms with E-state index in [9.17, 15) is 0 Å². The van der Waals surface area contributed by atoms with Gasteiger partial charge in [-0.3, -0.25) is 0 Å². The first kappa shape index (κ1) is 10.7. The molecule has 1 heterocycles. The van der Waals surface area contributed by atoms with Crippen LogP contribution < -0.4 is 5.32 Å². The van der Waals surface area contributed by atoms with Gasteiger partial charge in [0.05, 0.1) is 6.54 Å². The molecule has 0 atom stereocenters. The van der Waals surface area contributed by atoms with E-state index in [2.05, 4.69) is 15.3 Å². The van der Waals surface area contributed by atoms with Crippen molar-refractivity contribution in [3.8, 4) is 0 Å². The van der Waals surface area contributed by atoms with Gasteiger partial charge in [-0.05, 0) is 24.1 Å². The summed E-state index contributed by atoms with van der Waals surface area (Å²) < 4.78 is 0. The smallest absolute Gasteiger partial charge is 0.125 e. The van der Waals surface area contributed by atoms with E-state index in [4.69, 9.17) is 5.11 Å². The molecular formula is C12H15N3O. The van der Waals surface area contributed by atoms with Crippen LogP contribution in [0.2, 0.25) is 0 Å². The molecule has 0 radical (unpaired) electrons. The molecular weight excluding hydrogens is 202 g/mol. The van der Waals surface area contributed by atoms with E-state index in [1.807, 2.05) is 24.3 Å². The molecule has 0 saturated carbocycles. The van der Waals surface area contributed by atoms with Gasteiger partial charge in [-0.1, -0.05) is 12.1 Å². The summed E-state index contributed by atoms with van der Waals surface area (Å²) in [6.07, 6.45) is 4.25. The molecule has 16 heavy (non-hydrogen) atoms. The van der Waals surface area contributed by atoms with Crippen LogP contribution in [0.3, 0.4) is 0 Å². The van der Waals surface area contributed by atoms with Crippen molar-refractivity contribution in [1.82, 2.24) is 9.97 Å². The van der Waals surface area contributed by atoms with Gasteiger partial charge in [-0.15, -0.1) is 0 Å². The van der Waals surface area contributed by atoms with Crippen molar-refractivity contribution < 1.29 is 5.11 Å². The Morgan fingerprint density at radius 2 is 2.06 bits per heavy atom. The summed E-state index contributed by atoms with van der Waals surface area (Å²) in [6, 6.07) is 8.04. The third-order valence-corrected chi connectivity index (χ3v) is 2.37. The van der Waals surface area contributed by atoms with Crippen molar-refractivity contribution in [3.05, 3.63) is 48.0 Å². The lowest BCUT2D eigenvalue weighted by atomic mass is 10.1. The van der Waals surface area contributed by atoms with E-state index < -0.39 is 0 Å². The highest BCUT2D eigenvalue weighted by Gasteiger charge is 1.96. The Kier molecular flexibility index (Phi) is 3.56. The normalized spacial score (nSPS) is 10.3. The van der Waals surface area contributed by atoms with Gasteiger partial charge in [-0.2, -0.15) is 0 Å². The van der Waals surface area contributed by atoms with Gasteiger partial charge in [-0.25, -0.2) is 4.98 Å². The SMILES string of the molecule is OCCc1ccc(NCc2ncc[nH]2)cc1. The number of hydrogen-bond donors (Lipinski definition) is 3. The second kappa shape index (κ2) is 5.32. The highest BCUT2D eigenvalue weighted by Crippen LogP contribution is 2.10. The molecule has 0 amide bonds. The molecule has 0 unspecified atom stereocenters. The molecule has 3 N–H and O–H groups in total. The third-order valence-electron chi connectivity index (χ3n) is 2.37. The van der Waals surface area contributed by atoms with Crippen LogP contribution in [0.1, 0.15) is 11.4 Å². The fraction of sp³-hybridized carbons (Fsp3) is 0.250. The number of aromatic nitrogens is 2. The van der Waals surface area contributed by atoms with Crippen LogP contribution in [0.15, 0.2) is 36.7 Å². The number of imidazole rings is 1. The Morgan fingerprint density at radius 1 is 1.25 bits per heavy atom. The minimum atomic E-state index is 0.194. The summed E-state index contributed by atoms with van der Waals surface area (Å²) in [5.41, 5.74) is 2.20. The zero-order chi connectivity index (χ0) is 11.2. The number of H-pyrrole nitrogens is 1. The molecule has 0 aliphatic heterocycles. The maximum absolute atomic E-state index is 8.79. The predicted molar refractivity (Wildman–Crippen MR) is 63.1 cm³/mol. The molecule has 2 rings (SSSR count). The number of benzene rings is 1. The summed E-state index contributed by atoms with van der Waals surface area (Å²) in [4.78, 5) is 7.16. The molecule has 0 saturated heterocycles. The molecule has 84 valence electrons. The fourth-order valence-corrected chi connectivity index (χ4v) is 1.50. The van der Waals surface area contributed by atoms with Crippen molar-refractivity contribution in [2.75, 3.05) is 11.9 Å². The molecule has 0 spiro atoms. The second-order valence-electron chi connectivity index (χ2n) is 3.56. The fourth-order valence-electron chi connectivity index (χ4n) is 1.50. The Hall–Kier alpha value is -1.81. The van der Waals surface area contributed by atoms with Crippen LogP contribution in [-0.4, -0.2) is 21.7 Å². The molecule has 4 heteroatoms. The standard InChI is InChI=1S/C12H15N3O/c16-8-5-10-1-3-11(4-2-10)15-9-12-13-6-7-14-12/h1-4,6-7,15-16H,5,8-9H2,(H,13,14). The molecule has 0 aliphatic rings. The maximum atomic E-state index is 8.79. The lowest BCUT2D eigenvalue weighted by molar-refractivity contribution is 0.299. The Morgan fingerprint density at radius 3 is 2.69 bits per heavy atom. The summed E-state index contributed by atoms with van der Waals surface area (Å²) in [5, 5.41) is 12.0. The number of hydrogen-bond acceptors (Lipinski definition) is 3. The Bertz CT molecular complexity index is 408. The maximum Gasteiger partial charge on any atom is 0.125 e. The van der Waals surface area contributed by atoms with Gasteiger partial charge in [0.1, 0.15) is 5.82 Å². The first-order valence-electron chi connectivity index (χ1n) is 5.30. The zero-order valence-electron chi connectivity index (χ0n) is 8.98. The minimum Gasteiger partial charge on any atom is -0.396 e. The predicted octanol–water partition coefficient (Wildman–Crippen LogP) is 1.56. The molecule has 0 aliphatic carbocycles.